The van der Waals surface area contributed by atoms with Crippen LogP contribution in [0, 0.1) is 5.82 Å². The summed E-state index contributed by atoms with van der Waals surface area (Å²) in [6, 6.07) is 18.1. The molecule has 0 amide bonds. The maximum absolute atomic E-state index is 14.5. The Morgan fingerprint density at radius 1 is 0.900 bits per heavy atom. The number of aliphatic imine (C=N–C) groups is 1. The van der Waals surface area contributed by atoms with Gasteiger partial charge >= 0.3 is 6.18 Å². The van der Waals surface area contributed by atoms with Crippen molar-refractivity contribution >= 4 is 34.0 Å². The first-order valence-corrected chi connectivity index (χ1v) is 9.25. The summed E-state index contributed by atoms with van der Waals surface area (Å²) in [5, 5.41) is 0.887. The first-order valence-electron chi connectivity index (χ1n) is 9.25. The lowest BCUT2D eigenvalue weighted by Crippen LogP contribution is -2.08. The molecule has 0 radical (unpaired) electrons. The van der Waals surface area contributed by atoms with E-state index in [4.69, 9.17) is 0 Å². The number of alkyl halides is 3. The number of fused-ring (bicyclic) bond motifs is 2. The predicted octanol–water partition coefficient (Wildman–Crippen LogP) is 7.00. The number of nitrogens with zero attached hydrogens (tertiary/aromatic N) is 1. The van der Waals surface area contributed by atoms with Gasteiger partial charge in [-0.3, -0.25) is 4.99 Å². The Kier molecular flexibility index (Phi) is 4.10. The van der Waals surface area contributed by atoms with Gasteiger partial charge in [0.05, 0.1) is 11.3 Å². The summed E-state index contributed by atoms with van der Waals surface area (Å²) in [5.74, 6) is -1.30. The van der Waals surface area contributed by atoms with Crippen molar-refractivity contribution in [1.29, 1.82) is 0 Å². The summed E-state index contributed by atoms with van der Waals surface area (Å²) in [4.78, 5) is 7.61. The second-order valence-corrected chi connectivity index (χ2v) is 7.00. The Labute approximate surface area is 169 Å². The van der Waals surface area contributed by atoms with Crippen molar-refractivity contribution in [2.45, 2.75) is 6.18 Å². The summed E-state index contributed by atoms with van der Waals surface area (Å²) in [6.07, 6.45) is -1.28. The summed E-state index contributed by atoms with van der Waals surface area (Å²) >= 11 is 0. The minimum atomic E-state index is -4.75. The normalized spacial score (nSPS) is 14.9. The van der Waals surface area contributed by atoms with Crippen LogP contribution >= 0.6 is 0 Å². The first-order chi connectivity index (χ1) is 14.4. The van der Waals surface area contributed by atoms with Gasteiger partial charge < -0.3 is 4.98 Å². The van der Waals surface area contributed by atoms with E-state index in [1.165, 1.54) is 6.07 Å². The zero-order valence-corrected chi connectivity index (χ0v) is 15.5. The summed E-state index contributed by atoms with van der Waals surface area (Å²) in [6.45, 7) is 0. The van der Waals surface area contributed by atoms with Crippen molar-refractivity contribution in [3.63, 3.8) is 0 Å². The first kappa shape index (κ1) is 18.4. The van der Waals surface area contributed by atoms with E-state index in [2.05, 4.69) is 9.98 Å². The molecule has 1 aliphatic heterocycles. The van der Waals surface area contributed by atoms with Gasteiger partial charge in [-0.15, -0.1) is 0 Å². The molecule has 0 bridgehead atoms. The number of rotatable bonds is 2. The zero-order chi connectivity index (χ0) is 20.9. The molecule has 4 aromatic rings. The van der Waals surface area contributed by atoms with Gasteiger partial charge in [0.25, 0.3) is 0 Å². The topological polar surface area (TPSA) is 28.1 Å². The number of para-hydroxylation sites is 2. The second-order valence-electron chi connectivity index (χ2n) is 7.00. The van der Waals surface area contributed by atoms with E-state index in [0.717, 1.165) is 45.4 Å². The molecule has 0 atom stereocenters. The lowest BCUT2D eigenvalue weighted by Gasteiger charge is -2.14. The fourth-order valence-electron chi connectivity index (χ4n) is 3.85. The highest BCUT2D eigenvalue weighted by atomic mass is 19.4. The lowest BCUT2D eigenvalue weighted by atomic mass is 9.89. The van der Waals surface area contributed by atoms with Crippen LogP contribution < -0.4 is 0 Å². The molecule has 5 rings (SSSR count). The number of aromatic nitrogens is 1. The molecule has 0 fully saturated rings. The van der Waals surface area contributed by atoms with Crippen LogP contribution in [0.3, 0.4) is 0 Å². The number of aromatic amines is 1. The fourth-order valence-corrected chi connectivity index (χ4v) is 3.85. The Hall–Kier alpha value is -3.67. The van der Waals surface area contributed by atoms with Gasteiger partial charge in [-0.05, 0) is 29.8 Å². The third-order valence-corrected chi connectivity index (χ3v) is 5.22. The van der Waals surface area contributed by atoms with Crippen LogP contribution in [0.15, 0.2) is 77.9 Å². The van der Waals surface area contributed by atoms with E-state index in [0.29, 0.717) is 11.1 Å². The maximum atomic E-state index is 14.5. The molecule has 0 spiro atoms. The van der Waals surface area contributed by atoms with Crippen LogP contribution in [-0.4, -0.2) is 11.2 Å². The highest BCUT2D eigenvalue weighted by molar-refractivity contribution is 6.27. The van der Waals surface area contributed by atoms with E-state index in [1.54, 1.807) is 12.4 Å². The Bertz CT molecular complexity index is 1340. The zero-order valence-electron chi connectivity index (χ0n) is 15.5. The van der Waals surface area contributed by atoms with E-state index in [9.17, 15) is 17.6 Å². The number of hydrogen-bond acceptors (Lipinski definition) is 1. The van der Waals surface area contributed by atoms with E-state index in [-0.39, 0.29) is 0 Å². The van der Waals surface area contributed by atoms with Crippen LogP contribution in [0.4, 0.5) is 23.2 Å². The van der Waals surface area contributed by atoms with Gasteiger partial charge in [-0.2, -0.15) is 13.2 Å². The molecular weight excluding hydrogens is 392 g/mol. The molecule has 6 heteroatoms. The highest BCUT2D eigenvalue weighted by Crippen LogP contribution is 2.42. The lowest BCUT2D eigenvalue weighted by molar-refractivity contribution is -0.140. The average molecular weight is 406 g/mol. The molecule has 1 N–H and O–H groups in total. The van der Waals surface area contributed by atoms with Crippen molar-refractivity contribution in [1.82, 2.24) is 4.98 Å². The van der Waals surface area contributed by atoms with Gasteiger partial charge in [0.1, 0.15) is 5.82 Å². The molecule has 2 heterocycles. The second kappa shape index (κ2) is 6.69. The van der Waals surface area contributed by atoms with Crippen molar-refractivity contribution < 1.29 is 17.6 Å². The quantitative estimate of drug-likeness (QED) is 0.347. The maximum Gasteiger partial charge on any atom is 0.419 e. The SMILES string of the molecule is Fc1cc(/C(=C2/C=Nc3ccccc32)c2c[nH]c3ccccc23)ccc1C(F)(F)F. The van der Waals surface area contributed by atoms with Crippen molar-refractivity contribution in [2.75, 3.05) is 0 Å². The number of H-pyrrole nitrogens is 1. The molecule has 3 aromatic carbocycles. The third-order valence-electron chi connectivity index (χ3n) is 5.22. The summed E-state index contributed by atoms with van der Waals surface area (Å²) in [7, 11) is 0. The molecule has 0 saturated heterocycles. The molecule has 1 aliphatic rings. The number of nitrogens with one attached hydrogen (secondary N) is 1. The molecular formula is C24H14F4N2. The Morgan fingerprint density at radius 2 is 1.67 bits per heavy atom. The van der Waals surface area contributed by atoms with Gasteiger partial charge in [-0.1, -0.05) is 42.5 Å². The third kappa shape index (κ3) is 2.92. The van der Waals surface area contributed by atoms with E-state index in [1.807, 2.05) is 48.5 Å². The van der Waals surface area contributed by atoms with E-state index < -0.39 is 17.6 Å². The van der Waals surface area contributed by atoms with Crippen molar-refractivity contribution in [3.05, 3.63) is 101 Å². The smallest absolute Gasteiger partial charge is 0.361 e. The minimum Gasteiger partial charge on any atom is -0.361 e. The number of benzene rings is 3. The van der Waals surface area contributed by atoms with Crippen LogP contribution in [0.1, 0.15) is 22.3 Å². The van der Waals surface area contributed by atoms with Gasteiger partial charge in [-0.25, -0.2) is 4.39 Å². The van der Waals surface area contributed by atoms with E-state index >= 15 is 0 Å². The number of allylic oxidation sites excluding steroid dienone is 1. The standard InChI is InChI=1S/C24H14F4N2/c25-20-11-14(9-10-19(20)24(26,27)28)23(17-12-29-21-7-3-1-5-15(17)21)18-13-30-22-8-4-2-6-16(18)22/h1-13,29H/b23-18+. The van der Waals surface area contributed by atoms with Crippen LogP contribution in [-0.2, 0) is 6.18 Å². The minimum absolute atomic E-state index is 0.350. The number of halogens is 4. The van der Waals surface area contributed by atoms with Crippen molar-refractivity contribution in [3.8, 4) is 0 Å². The van der Waals surface area contributed by atoms with Gasteiger partial charge in [0, 0.05) is 45.6 Å². The molecule has 148 valence electrons. The molecule has 2 nitrogen and oxygen atoms in total. The Balaban J connectivity index is 1.81. The van der Waals surface area contributed by atoms with Crippen LogP contribution in [0.25, 0.3) is 22.0 Å². The van der Waals surface area contributed by atoms with Gasteiger partial charge in [0.15, 0.2) is 0 Å². The molecule has 0 aliphatic carbocycles. The average Bonchev–Trinajstić information content (AvgIpc) is 3.33. The molecule has 0 unspecified atom stereocenters. The molecule has 30 heavy (non-hydrogen) atoms. The van der Waals surface area contributed by atoms with Crippen molar-refractivity contribution in [2.24, 2.45) is 4.99 Å². The Morgan fingerprint density at radius 3 is 2.47 bits per heavy atom. The van der Waals surface area contributed by atoms with Crippen LogP contribution in [0.2, 0.25) is 0 Å². The summed E-state index contributed by atoms with van der Waals surface area (Å²) in [5.41, 5.74) is 3.67. The molecule has 0 saturated carbocycles. The fraction of sp³-hybridized carbons (Fsp3) is 0.0417. The van der Waals surface area contributed by atoms with Gasteiger partial charge in [0.2, 0.25) is 0 Å². The van der Waals surface area contributed by atoms with Crippen LogP contribution in [0.5, 0.6) is 0 Å². The summed E-state index contributed by atoms with van der Waals surface area (Å²) < 4.78 is 53.7. The number of hydrogen-bond donors (Lipinski definition) is 1. The largest absolute Gasteiger partial charge is 0.419 e. The molecule has 1 aromatic heterocycles. The predicted molar refractivity (Wildman–Crippen MR) is 110 cm³/mol. The monoisotopic (exact) mass is 406 g/mol. The highest BCUT2D eigenvalue weighted by Gasteiger charge is 2.34.